The molecule has 0 amide bonds. The molecule has 0 saturated carbocycles. The molecule has 0 rings (SSSR count). The van der Waals surface area contributed by atoms with Crippen LogP contribution < -0.4 is 10.4 Å². The maximum absolute atomic E-state index is 10.9. The molecule has 3 N–H and O–H groups in total. The van der Waals surface area contributed by atoms with E-state index in [1.165, 1.54) is 0 Å². The number of quaternary nitrogens is 1. The van der Waals surface area contributed by atoms with E-state index in [-0.39, 0.29) is 12.5 Å². The van der Waals surface area contributed by atoms with Gasteiger partial charge in [0, 0.05) is 6.42 Å². The molecule has 0 aromatic rings. The Bertz CT molecular complexity index is 294. The number of carbonyl (C=O) groups is 2. The second kappa shape index (κ2) is 7.00. The lowest BCUT2D eigenvalue weighted by Crippen LogP contribution is -2.86. The number of hydrogen-bond donors (Lipinski definition) is 2. The van der Waals surface area contributed by atoms with E-state index in [0.717, 1.165) is 5.57 Å². The van der Waals surface area contributed by atoms with Crippen molar-refractivity contribution in [2.75, 3.05) is 13.1 Å². The largest absolute Gasteiger partial charge is 0.545 e. The van der Waals surface area contributed by atoms with Crippen LogP contribution in [0.5, 0.6) is 0 Å². The molecule has 5 nitrogen and oxygen atoms in total. The van der Waals surface area contributed by atoms with E-state index in [1.807, 2.05) is 0 Å². The Morgan fingerprint density at radius 3 is 2.31 bits per heavy atom. The number of rotatable bonds is 7. The van der Waals surface area contributed by atoms with Crippen molar-refractivity contribution in [1.29, 1.82) is 0 Å². The van der Waals surface area contributed by atoms with Gasteiger partial charge in [-0.05, 0) is 18.4 Å². The van der Waals surface area contributed by atoms with Crippen LogP contribution in [0.1, 0.15) is 27.2 Å². The lowest BCUT2D eigenvalue weighted by Gasteiger charge is -2.16. The van der Waals surface area contributed by atoms with Crippen molar-refractivity contribution in [3.63, 3.8) is 0 Å². The van der Waals surface area contributed by atoms with Gasteiger partial charge < -0.3 is 20.3 Å². The summed E-state index contributed by atoms with van der Waals surface area (Å²) in [5.41, 5.74) is 1.08. The van der Waals surface area contributed by atoms with Gasteiger partial charge in [0.05, 0.1) is 12.5 Å². The summed E-state index contributed by atoms with van der Waals surface area (Å²) in [6.45, 7) is 5.93. The van der Waals surface area contributed by atoms with Gasteiger partial charge in [-0.3, -0.25) is 0 Å². The van der Waals surface area contributed by atoms with E-state index >= 15 is 0 Å². The molecule has 0 aromatic carbocycles. The highest BCUT2D eigenvalue weighted by molar-refractivity contribution is 5.86. The number of aliphatic carboxylic acids is 2. The summed E-state index contributed by atoms with van der Waals surface area (Å²) in [6.07, 6.45) is 0.564. The highest BCUT2D eigenvalue weighted by atomic mass is 16.4. The Hall–Kier alpha value is -1.36. The SMILES string of the molecule is CC(CC[NH2+]CC(=O)O)=C(C(=O)[O-])C(C)C. The first-order valence-electron chi connectivity index (χ1n) is 5.30. The lowest BCUT2D eigenvalue weighted by molar-refractivity contribution is -0.644. The van der Waals surface area contributed by atoms with Crippen molar-refractivity contribution in [3.8, 4) is 0 Å². The van der Waals surface area contributed by atoms with Crippen molar-refractivity contribution in [2.45, 2.75) is 27.2 Å². The second-order valence-corrected chi connectivity index (χ2v) is 4.06. The van der Waals surface area contributed by atoms with Crippen molar-refractivity contribution in [1.82, 2.24) is 0 Å². The van der Waals surface area contributed by atoms with Crippen molar-refractivity contribution >= 4 is 11.9 Å². The van der Waals surface area contributed by atoms with Gasteiger partial charge in [0.2, 0.25) is 0 Å². The molecule has 0 spiro atoms. The topological polar surface area (TPSA) is 94.0 Å². The fourth-order valence-electron chi connectivity index (χ4n) is 1.58. The minimum Gasteiger partial charge on any atom is -0.545 e. The predicted octanol–water partition coefficient (Wildman–Crippen LogP) is -1.25. The molecule has 0 aliphatic heterocycles. The molecule has 92 valence electrons. The molecular weight excluding hydrogens is 210 g/mol. The summed E-state index contributed by atoms with van der Waals surface area (Å²) in [5.74, 6) is -2.08. The van der Waals surface area contributed by atoms with Crippen LogP contribution in [-0.2, 0) is 9.59 Å². The highest BCUT2D eigenvalue weighted by Crippen LogP contribution is 2.15. The zero-order valence-electron chi connectivity index (χ0n) is 9.95. The molecule has 0 aliphatic carbocycles. The smallest absolute Gasteiger partial charge is 0.359 e. The van der Waals surface area contributed by atoms with Crippen LogP contribution in [0.25, 0.3) is 0 Å². The third-order valence-corrected chi connectivity index (χ3v) is 2.30. The van der Waals surface area contributed by atoms with Crippen molar-refractivity contribution in [2.24, 2.45) is 5.92 Å². The number of carbonyl (C=O) groups excluding carboxylic acids is 1. The first kappa shape index (κ1) is 14.6. The van der Waals surface area contributed by atoms with Crippen LogP contribution in [0.4, 0.5) is 0 Å². The standard InChI is InChI=1S/C11H19NO4/c1-7(2)10(11(15)16)8(3)4-5-12-6-9(13)14/h7,12H,4-6H2,1-3H3,(H,13,14)(H,15,16). The Labute approximate surface area is 95.2 Å². The maximum Gasteiger partial charge on any atom is 0.359 e. The fourth-order valence-corrected chi connectivity index (χ4v) is 1.58. The zero-order valence-corrected chi connectivity index (χ0v) is 9.95. The molecule has 0 atom stereocenters. The summed E-state index contributed by atoms with van der Waals surface area (Å²) in [6, 6.07) is 0. The zero-order chi connectivity index (χ0) is 12.7. The summed E-state index contributed by atoms with van der Waals surface area (Å²) >= 11 is 0. The Morgan fingerprint density at radius 1 is 1.38 bits per heavy atom. The van der Waals surface area contributed by atoms with Crippen LogP contribution >= 0.6 is 0 Å². The Kier molecular flexibility index (Phi) is 6.41. The Balaban J connectivity index is 4.28. The van der Waals surface area contributed by atoms with Crippen molar-refractivity contribution < 1.29 is 25.1 Å². The van der Waals surface area contributed by atoms with E-state index in [1.54, 1.807) is 26.1 Å². The average molecular weight is 229 g/mol. The summed E-state index contributed by atoms with van der Waals surface area (Å²) in [4.78, 5) is 21.1. The average Bonchev–Trinajstić information content (AvgIpc) is 2.10. The molecular formula is C11H19NO4. The van der Waals surface area contributed by atoms with Crippen LogP contribution in [0.3, 0.4) is 0 Å². The molecule has 0 radical (unpaired) electrons. The van der Waals surface area contributed by atoms with Gasteiger partial charge in [-0.15, -0.1) is 0 Å². The molecule has 0 aliphatic rings. The summed E-state index contributed by atoms with van der Waals surface area (Å²) in [5, 5.41) is 20.9. The van der Waals surface area contributed by atoms with Gasteiger partial charge in [0.15, 0.2) is 6.54 Å². The second-order valence-electron chi connectivity index (χ2n) is 4.06. The van der Waals surface area contributed by atoms with E-state index in [2.05, 4.69) is 0 Å². The highest BCUT2D eigenvalue weighted by Gasteiger charge is 2.09. The maximum atomic E-state index is 10.9. The lowest BCUT2D eigenvalue weighted by atomic mass is 9.96. The molecule has 5 heteroatoms. The third-order valence-electron chi connectivity index (χ3n) is 2.30. The van der Waals surface area contributed by atoms with Gasteiger partial charge in [0.1, 0.15) is 0 Å². The van der Waals surface area contributed by atoms with Crippen molar-refractivity contribution in [3.05, 3.63) is 11.1 Å². The van der Waals surface area contributed by atoms with Crippen LogP contribution in [-0.4, -0.2) is 30.1 Å². The Morgan fingerprint density at radius 2 is 1.94 bits per heavy atom. The van der Waals surface area contributed by atoms with Crippen LogP contribution in [0.15, 0.2) is 11.1 Å². The van der Waals surface area contributed by atoms with Gasteiger partial charge >= 0.3 is 5.97 Å². The van der Waals surface area contributed by atoms with Gasteiger partial charge in [-0.2, -0.15) is 0 Å². The van der Waals surface area contributed by atoms with E-state index < -0.39 is 11.9 Å². The first-order chi connectivity index (χ1) is 7.36. The molecule has 0 aromatic heterocycles. The van der Waals surface area contributed by atoms with E-state index in [0.29, 0.717) is 18.5 Å². The fraction of sp³-hybridized carbons (Fsp3) is 0.636. The van der Waals surface area contributed by atoms with Crippen LogP contribution in [0, 0.1) is 5.92 Å². The van der Waals surface area contributed by atoms with Gasteiger partial charge in [-0.1, -0.05) is 19.4 Å². The number of hydrogen-bond acceptors (Lipinski definition) is 3. The summed E-state index contributed by atoms with van der Waals surface area (Å²) < 4.78 is 0. The molecule has 16 heavy (non-hydrogen) atoms. The van der Waals surface area contributed by atoms with Gasteiger partial charge in [-0.25, -0.2) is 4.79 Å². The van der Waals surface area contributed by atoms with Gasteiger partial charge in [0.25, 0.3) is 0 Å². The predicted molar refractivity (Wildman–Crippen MR) is 56.5 cm³/mol. The van der Waals surface area contributed by atoms with E-state index in [9.17, 15) is 14.7 Å². The summed E-state index contributed by atoms with van der Waals surface area (Å²) in [7, 11) is 0. The quantitative estimate of drug-likeness (QED) is 0.421. The number of carboxylic acids is 2. The minimum absolute atomic E-state index is 0.00954. The first-order valence-corrected chi connectivity index (χ1v) is 5.30. The molecule has 0 bridgehead atoms. The normalized spacial score (nSPS) is 12.5. The number of nitrogens with two attached hydrogens (primary N) is 1. The third kappa shape index (κ3) is 5.50. The molecule has 0 saturated heterocycles. The number of carboxylic acid groups (broad SMARTS) is 2. The van der Waals surface area contributed by atoms with Crippen LogP contribution in [0.2, 0.25) is 0 Å². The monoisotopic (exact) mass is 229 g/mol. The molecule has 0 unspecified atom stereocenters. The van der Waals surface area contributed by atoms with E-state index in [4.69, 9.17) is 5.11 Å². The molecule has 0 fully saturated rings. The minimum atomic E-state index is -1.13. The molecule has 0 heterocycles.